The van der Waals surface area contributed by atoms with Crippen LogP contribution in [-0.2, 0) is 15.1 Å². The molecule has 4 rings (SSSR count). The summed E-state index contributed by atoms with van der Waals surface area (Å²) in [5.41, 5.74) is 5.10. The fourth-order valence-electron chi connectivity index (χ4n) is 4.20. The van der Waals surface area contributed by atoms with E-state index in [2.05, 4.69) is 26.3 Å². The van der Waals surface area contributed by atoms with Crippen LogP contribution in [0.3, 0.4) is 0 Å². The Kier molecular flexibility index (Phi) is 6.80. The van der Waals surface area contributed by atoms with E-state index in [-0.39, 0.29) is 16.6 Å². The number of primary amides is 1. The summed E-state index contributed by atoms with van der Waals surface area (Å²) in [6, 6.07) is 8.84. The number of benzene rings is 2. The Morgan fingerprint density at radius 1 is 1.21 bits per heavy atom. The lowest BCUT2D eigenvalue weighted by Crippen LogP contribution is -2.60. The number of nitrogens with two attached hydrogens (primary N) is 1. The van der Waals surface area contributed by atoms with Gasteiger partial charge in [0.15, 0.2) is 11.6 Å². The molecule has 34 heavy (non-hydrogen) atoms. The number of nitrogens with zero attached hydrogens (tertiary/aromatic N) is 1. The van der Waals surface area contributed by atoms with Crippen molar-refractivity contribution in [2.45, 2.75) is 30.5 Å². The van der Waals surface area contributed by atoms with Crippen LogP contribution < -0.4 is 27.0 Å². The number of halogens is 2. The van der Waals surface area contributed by atoms with Crippen LogP contribution in [-0.4, -0.2) is 49.2 Å². The molecule has 2 aromatic rings. The average molecular weight is 487 g/mol. The molecule has 1 saturated heterocycles. The van der Waals surface area contributed by atoms with E-state index in [4.69, 9.17) is 17.3 Å². The molecule has 0 spiro atoms. The van der Waals surface area contributed by atoms with Crippen molar-refractivity contribution < 1.29 is 18.8 Å². The molecule has 3 atom stereocenters. The molecule has 2 aliphatic rings. The second kappa shape index (κ2) is 9.78. The summed E-state index contributed by atoms with van der Waals surface area (Å²) < 4.78 is 13.2. The van der Waals surface area contributed by atoms with Crippen LogP contribution in [0.4, 0.5) is 10.1 Å². The number of amides is 3. The van der Waals surface area contributed by atoms with Crippen LogP contribution in [0.1, 0.15) is 28.8 Å². The van der Waals surface area contributed by atoms with E-state index in [9.17, 15) is 18.8 Å². The summed E-state index contributed by atoms with van der Waals surface area (Å²) in [7, 11) is 0. The Morgan fingerprint density at radius 3 is 2.62 bits per heavy atom. The summed E-state index contributed by atoms with van der Waals surface area (Å²) in [6.07, 6.45) is 3.31. The lowest BCUT2D eigenvalue weighted by Gasteiger charge is -2.31. The quantitative estimate of drug-likeness (QED) is 0.401. The van der Waals surface area contributed by atoms with Crippen molar-refractivity contribution in [1.29, 1.82) is 0 Å². The van der Waals surface area contributed by atoms with E-state index >= 15 is 0 Å². The van der Waals surface area contributed by atoms with Gasteiger partial charge in [-0.15, -0.1) is 0 Å². The monoisotopic (exact) mass is 486 g/mol. The highest BCUT2D eigenvalue weighted by molar-refractivity contribution is 6.34. The number of rotatable bonds is 7. The highest BCUT2D eigenvalue weighted by atomic mass is 35.5. The van der Waals surface area contributed by atoms with Gasteiger partial charge in [-0.2, -0.15) is 0 Å². The maximum absolute atomic E-state index is 13.2. The average Bonchev–Trinajstić information content (AvgIpc) is 3.48. The number of hydrogen-bond acceptors (Lipinski definition) is 6. The molecule has 0 bridgehead atoms. The number of aliphatic imine (C=N–C) groups is 1. The van der Waals surface area contributed by atoms with Crippen LogP contribution in [0.2, 0.25) is 5.02 Å². The molecule has 1 fully saturated rings. The third kappa shape index (κ3) is 4.59. The molecule has 0 aromatic heterocycles. The Morgan fingerprint density at radius 2 is 1.97 bits per heavy atom. The van der Waals surface area contributed by atoms with Crippen molar-refractivity contribution in [3.63, 3.8) is 0 Å². The number of anilines is 1. The van der Waals surface area contributed by atoms with Gasteiger partial charge in [0.1, 0.15) is 5.82 Å². The largest absolute Gasteiger partial charge is 0.367 e. The molecule has 2 aliphatic heterocycles. The first-order chi connectivity index (χ1) is 16.3. The zero-order chi connectivity index (χ0) is 24.3. The second-order valence-corrected chi connectivity index (χ2v) is 8.60. The van der Waals surface area contributed by atoms with E-state index in [1.807, 2.05) is 0 Å². The zero-order valence-electron chi connectivity index (χ0n) is 18.1. The Balaban J connectivity index is 1.50. The molecular weight excluding hydrogens is 463 g/mol. The minimum atomic E-state index is -1.57. The SMILES string of the molecule is NC(=O)C1(c2ccc(NC(=O)c3ccc(F)cc3Cl)cc2)NC=NC1C(=O)NCC1CCCN1. The molecule has 2 aromatic carbocycles. The van der Waals surface area contributed by atoms with Gasteiger partial charge in [-0.05, 0) is 55.3 Å². The Bertz CT molecular complexity index is 1140. The van der Waals surface area contributed by atoms with Crippen LogP contribution in [0, 0.1) is 5.82 Å². The lowest BCUT2D eigenvalue weighted by atomic mass is 9.82. The fraction of sp³-hybridized carbons (Fsp3) is 0.304. The summed E-state index contributed by atoms with van der Waals surface area (Å²) >= 11 is 5.95. The smallest absolute Gasteiger partial charge is 0.257 e. The Labute approximate surface area is 200 Å². The molecule has 178 valence electrons. The third-order valence-corrected chi connectivity index (χ3v) is 6.33. The minimum absolute atomic E-state index is 0.0178. The van der Waals surface area contributed by atoms with Crippen LogP contribution >= 0.6 is 11.6 Å². The first-order valence-corrected chi connectivity index (χ1v) is 11.2. The van der Waals surface area contributed by atoms with E-state index < -0.39 is 35.1 Å². The van der Waals surface area contributed by atoms with Crippen molar-refractivity contribution in [3.05, 3.63) is 64.4 Å². The molecule has 0 saturated carbocycles. The van der Waals surface area contributed by atoms with Gasteiger partial charge in [0.05, 0.1) is 16.9 Å². The predicted octanol–water partition coefficient (Wildman–Crippen LogP) is 1.28. The molecule has 2 heterocycles. The van der Waals surface area contributed by atoms with Crippen molar-refractivity contribution in [2.24, 2.45) is 10.7 Å². The highest BCUT2D eigenvalue weighted by Crippen LogP contribution is 2.31. The molecule has 3 amide bonds. The van der Waals surface area contributed by atoms with Gasteiger partial charge < -0.3 is 27.0 Å². The standard InChI is InChI=1S/C23H24ClFN6O3/c24-18-10-14(25)5-8-17(18)20(32)31-15-6-3-13(4-7-15)23(22(26)34)19(29-12-30-23)21(33)28-11-16-2-1-9-27-16/h3-8,10,12,16,19,27H,1-2,9,11H2,(H2,26,34)(H,28,33)(H,29,30)(H,31,32). The number of carbonyl (C=O) groups is 3. The summed E-state index contributed by atoms with van der Waals surface area (Å²) in [5.74, 6) is -2.26. The van der Waals surface area contributed by atoms with Gasteiger partial charge in [0, 0.05) is 18.3 Å². The molecule has 6 N–H and O–H groups in total. The van der Waals surface area contributed by atoms with E-state index in [1.165, 1.54) is 12.4 Å². The van der Waals surface area contributed by atoms with Crippen molar-refractivity contribution >= 4 is 41.3 Å². The van der Waals surface area contributed by atoms with Gasteiger partial charge >= 0.3 is 0 Å². The van der Waals surface area contributed by atoms with Gasteiger partial charge in [-0.25, -0.2) is 4.39 Å². The molecule has 9 nitrogen and oxygen atoms in total. The first-order valence-electron chi connectivity index (χ1n) is 10.8. The maximum atomic E-state index is 13.2. The molecule has 0 radical (unpaired) electrons. The second-order valence-electron chi connectivity index (χ2n) is 8.19. The van der Waals surface area contributed by atoms with Crippen molar-refractivity contribution in [1.82, 2.24) is 16.0 Å². The van der Waals surface area contributed by atoms with Crippen molar-refractivity contribution in [3.8, 4) is 0 Å². The minimum Gasteiger partial charge on any atom is -0.367 e. The van der Waals surface area contributed by atoms with Gasteiger partial charge in [-0.1, -0.05) is 23.7 Å². The van der Waals surface area contributed by atoms with Crippen molar-refractivity contribution in [2.75, 3.05) is 18.4 Å². The highest BCUT2D eigenvalue weighted by Gasteiger charge is 2.52. The maximum Gasteiger partial charge on any atom is 0.257 e. The van der Waals surface area contributed by atoms with Gasteiger partial charge in [0.25, 0.3) is 11.8 Å². The normalized spacial score (nSPS) is 23.4. The van der Waals surface area contributed by atoms with Gasteiger partial charge in [-0.3, -0.25) is 19.4 Å². The van der Waals surface area contributed by atoms with Crippen LogP contribution in [0.15, 0.2) is 47.5 Å². The first kappa shape index (κ1) is 23.7. The zero-order valence-corrected chi connectivity index (χ0v) is 18.9. The molecule has 3 unspecified atom stereocenters. The van der Waals surface area contributed by atoms with E-state index in [1.54, 1.807) is 24.3 Å². The topological polar surface area (TPSA) is 138 Å². The van der Waals surface area contributed by atoms with Crippen LogP contribution in [0.25, 0.3) is 0 Å². The number of carbonyl (C=O) groups excluding carboxylic acids is 3. The third-order valence-electron chi connectivity index (χ3n) is 6.02. The summed E-state index contributed by atoms with van der Waals surface area (Å²) in [5, 5.41) is 11.7. The number of hydrogen-bond donors (Lipinski definition) is 5. The molecular formula is C23H24ClFN6O3. The number of nitrogens with one attached hydrogen (secondary N) is 4. The van der Waals surface area contributed by atoms with Crippen LogP contribution in [0.5, 0.6) is 0 Å². The van der Waals surface area contributed by atoms with Gasteiger partial charge in [0.2, 0.25) is 5.91 Å². The molecule has 0 aliphatic carbocycles. The van der Waals surface area contributed by atoms with E-state index in [0.29, 0.717) is 17.8 Å². The lowest BCUT2D eigenvalue weighted by molar-refractivity contribution is -0.131. The predicted molar refractivity (Wildman–Crippen MR) is 126 cm³/mol. The summed E-state index contributed by atoms with van der Waals surface area (Å²) in [6.45, 7) is 1.34. The Hall–Kier alpha value is -3.50. The fourth-order valence-corrected chi connectivity index (χ4v) is 4.45. The molecule has 11 heteroatoms. The van der Waals surface area contributed by atoms with E-state index in [0.717, 1.165) is 31.5 Å². The summed E-state index contributed by atoms with van der Waals surface area (Å²) in [4.78, 5) is 42.2.